The number of carbonyl (C=O) groups excluding carboxylic acids is 2. The fourth-order valence-electron chi connectivity index (χ4n) is 2.11. The summed E-state index contributed by atoms with van der Waals surface area (Å²) in [6, 6.07) is 7.43. The highest BCUT2D eigenvalue weighted by Gasteiger charge is 2.08. The molecule has 2 N–H and O–H groups in total. The molecule has 1 aromatic carbocycles. The Bertz CT molecular complexity index is 689. The van der Waals surface area contributed by atoms with Gasteiger partial charge in [-0.1, -0.05) is 15.9 Å². The van der Waals surface area contributed by atoms with E-state index in [4.69, 9.17) is 4.74 Å². The van der Waals surface area contributed by atoms with Crippen LogP contribution in [-0.4, -0.2) is 25.5 Å². The number of thiophene rings is 1. The van der Waals surface area contributed by atoms with Crippen LogP contribution in [0.4, 0.5) is 0 Å². The second-order valence-corrected chi connectivity index (χ2v) is 6.80. The van der Waals surface area contributed by atoms with Crippen molar-refractivity contribution >= 4 is 39.1 Å². The van der Waals surface area contributed by atoms with Crippen molar-refractivity contribution in [1.82, 2.24) is 10.6 Å². The van der Waals surface area contributed by atoms with Crippen LogP contribution < -0.4 is 15.4 Å². The Hall–Kier alpha value is -1.86. The van der Waals surface area contributed by atoms with Crippen LogP contribution >= 0.6 is 27.3 Å². The molecule has 2 amide bonds. The third-order valence-corrected chi connectivity index (χ3v) is 4.54. The molecule has 2 aromatic rings. The zero-order valence-corrected chi connectivity index (χ0v) is 15.7. The smallest absolute Gasteiger partial charge is 0.252 e. The molecule has 0 radical (unpaired) electrons. The molecule has 5 nitrogen and oxygen atoms in total. The van der Waals surface area contributed by atoms with Crippen LogP contribution in [0.5, 0.6) is 5.75 Å². The van der Waals surface area contributed by atoms with Crippen molar-refractivity contribution in [3.8, 4) is 5.75 Å². The third-order valence-electron chi connectivity index (χ3n) is 3.37. The number of nitrogens with one attached hydrogen (secondary N) is 2. The summed E-state index contributed by atoms with van der Waals surface area (Å²) in [7, 11) is 1.60. The molecule has 1 heterocycles. The van der Waals surface area contributed by atoms with Crippen LogP contribution in [0, 0.1) is 0 Å². The Morgan fingerprint density at radius 3 is 2.79 bits per heavy atom. The summed E-state index contributed by atoms with van der Waals surface area (Å²) in [6.45, 7) is 0.880. The first-order chi connectivity index (χ1) is 11.6. The van der Waals surface area contributed by atoms with E-state index in [1.165, 1.54) is 11.3 Å². The fourth-order valence-corrected chi connectivity index (χ4v) is 3.16. The molecule has 24 heavy (non-hydrogen) atoms. The van der Waals surface area contributed by atoms with Gasteiger partial charge in [0.2, 0.25) is 5.91 Å². The lowest BCUT2D eigenvalue weighted by Crippen LogP contribution is -2.27. The Kier molecular flexibility index (Phi) is 7.27. The highest BCUT2D eigenvalue weighted by Crippen LogP contribution is 2.22. The molecule has 7 heteroatoms. The highest BCUT2D eigenvalue weighted by molar-refractivity contribution is 9.10. The normalized spacial score (nSPS) is 10.2. The van der Waals surface area contributed by atoms with Gasteiger partial charge in [0, 0.05) is 40.5 Å². The van der Waals surface area contributed by atoms with Crippen LogP contribution in [0.25, 0.3) is 0 Å². The van der Waals surface area contributed by atoms with Gasteiger partial charge in [0.05, 0.1) is 7.11 Å². The van der Waals surface area contributed by atoms with E-state index in [0.29, 0.717) is 31.5 Å². The van der Waals surface area contributed by atoms with Crippen molar-refractivity contribution in [1.29, 1.82) is 0 Å². The Morgan fingerprint density at radius 1 is 1.25 bits per heavy atom. The number of methoxy groups -OCH3 is 1. The minimum absolute atomic E-state index is 0.0539. The molecule has 0 aliphatic carbocycles. The molecule has 0 aliphatic heterocycles. The number of benzene rings is 1. The molecule has 0 aliphatic rings. The molecule has 0 saturated heterocycles. The zero-order valence-electron chi connectivity index (χ0n) is 13.3. The van der Waals surface area contributed by atoms with Gasteiger partial charge in [-0.05, 0) is 36.1 Å². The first-order valence-electron chi connectivity index (χ1n) is 7.49. The SMILES string of the molecule is COc1ccc(Br)cc1CNC(=O)CCCNC(=O)c1ccsc1. The van der Waals surface area contributed by atoms with Crippen molar-refractivity contribution in [2.24, 2.45) is 0 Å². The molecule has 0 bridgehead atoms. The van der Waals surface area contributed by atoms with E-state index in [2.05, 4.69) is 26.6 Å². The molecular weight excluding hydrogens is 392 g/mol. The highest BCUT2D eigenvalue weighted by atomic mass is 79.9. The first-order valence-corrected chi connectivity index (χ1v) is 9.23. The monoisotopic (exact) mass is 410 g/mol. The minimum Gasteiger partial charge on any atom is -0.496 e. The van der Waals surface area contributed by atoms with E-state index in [9.17, 15) is 9.59 Å². The topological polar surface area (TPSA) is 67.4 Å². The molecule has 0 unspecified atom stereocenters. The van der Waals surface area contributed by atoms with Crippen LogP contribution in [-0.2, 0) is 11.3 Å². The van der Waals surface area contributed by atoms with Gasteiger partial charge in [-0.2, -0.15) is 11.3 Å². The van der Waals surface area contributed by atoms with E-state index in [-0.39, 0.29) is 11.8 Å². The van der Waals surface area contributed by atoms with Crippen LogP contribution in [0.15, 0.2) is 39.5 Å². The molecule has 2 rings (SSSR count). The number of amides is 2. The van der Waals surface area contributed by atoms with E-state index >= 15 is 0 Å². The largest absolute Gasteiger partial charge is 0.496 e. The lowest BCUT2D eigenvalue weighted by molar-refractivity contribution is -0.121. The maximum Gasteiger partial charge on any atom is 0.252 e. The van der Waals surface area contributed by atoms with Gasteiger partial charge in [0.25, 0.3) is 5.91 Å². The predicted octanol–water partition coefficient (Wildman–Crippen LogP) is 3.35. The van der Waals surface area contributed by atoms with Gasteiger partial charge >= 0.3 is 0 Å². The average Bonchev–Trinajstić information content (AvgIpc) is 3.11. The van der Waals surface area contributed by atoms with Crippen molar-refractivity contribution < 1.29 is 14.3 Å². The number of ether oxygens (including phenoxy) is 1. The Morgan fingerprint density at radius 2 is 2.08 bits per heavy atom. The third kappa shape index (κ3) is 5.65. The van der Waals surface area contributed by atoms with Crippen molar-refractivity contribution in [2.75, 3.05) is 13.7 Å². The molecule has 0 fully saturated rings. The van der Waals surface area contributed by atoms with Crippen molar-refractivity contribution in [2.45, 2.75) is 19.4 Å². The fraction of sp³-hybridized carbons (Fsp3) is 0.294. The molecule has 128 valence electrons. The maximum atomic E-state index is 11.9. The van der Waals surface area contributed by atoms with E-state index in [1.54, 1.807) is 18.6 Å². The average molecular weight is 411 g/mol. The van der Waals surface area contributed by atoms with Gasteiger partial charge in [-0.15, -0.1) is 0 Å². The maximum absolute atomic E-state index is 11.9. The van der Waals surface area contributed by atoms with Crippen molar-refractivity contribution in [3.05, 3.63) is 50.6 Å². The number of carbonyl (C=O) groups is 2. The molecule has 0 spiro atoms. The van der Waals surface area contributed by atoms with E-state index < -0.39 is 0 Å². The summed E-state index contributed by atoms with van der Waals surface area (Å²) in [5.74, 6) is 0.582. The zero-order chi connectivity index (χ0) is 17.4. The lowest BCUT2D eigenvalue weighted by atomic mass is 10.2. The second kappa shape index (κ2) is 9.44. The van der Waals surface area contributed by atoms with Gasteiger partial charge < -0.3 is 15.4 Å². The molecular formula is C17H19BrN2O3S. The number of hydrogen-bond donors (Lipinski definition) is 2. The quantitative estimate of drug-likeness (QED) is 0.655. The number of rotatable bonds is 8. The summed E-state index contributed by atoms with van der Waals surface area (Å²) < 4.78 is 6.21. The minimum atomic E-state index is -0.101. The number of halogens is 1. The summed E-state index contributed by atoms with van der Waals surface area (Å²) >= 11 is 4.89. The van der Waals surface area contributed by atoms with Gasteiger partial charge in [-0.3, -0.25) is 9.59 Å². The second-order valence-electron chi connectivity index (χ2n) is 5.10. The van der Waals surface area contributed by atoms with E-state index in [1.807, 2.05) is 23.6 Å². The molecule has 0 atom stereocenters. The summed E-state index contributed by atoms with van der Waals surface area (Å²) in [5, 5.41) is 9.33. The summed E-state index contributed by atoms with van der Waals surface area (Å²) in [4.78, 5) is 23.6. The Balaban J connectivity index is 1.68. The molecule has 0 saturated carbocycles. The lowest BCUT2D eigenvalue weighted by Gasteiger charge is -2.10. The standard InChI is InChI=1S/C17H19BrN2O3S/c1-23-15-5-4-14(18)9-13(15)10-20-16(21)3-2-7-19-17(22)12-6-8-24-11-12/h4-6,8-9,11H,2-3,7,10H2,1H3,(H,19,22)(H,20,21). The first kappa shape index (κ1) is 18.5. The van der Waals surface area contributed by atoms with Gasteiger partial charge in [0.1, 0.15) is 5.75 Å². The van der Waals surface area contributed by atoms with Crippen LogP contribution in [0.2, 0.25) is 0 Å². The summed E-state index contributed by atoms with van der Waals surface area (Å²) in [6.07, 6.45) is 0.956. The number of hydrogen-bond acceptors (Lipinski definition) is 4. The van der Waals surface area contributed by atoms with Crippen LogP contribution in [0.1, 0.15) is 28.8 Å². The predicted molar refractivity (Wildman–Crippen MR) is 98.4 cm³/mol. The van der Waals surface area contributed by atoms with Crippen LogP contribution in [0.3, 0.4) is 0 Å². The van der Waals surface area contributed by atoms with Gasteiger partial charge in [0.15, 0.2) is 0 Å². The Labute approximate surface area is 153 Å². The van der Waals surface area contributed by atoms with Gasteiger partial charge in [-0.25, -0.2) is 0 Å². The summed E-state index contributed by atoms with van der Waals surface area (Å²) in [5.41, 5.74) is 1.57. The van der Waals surface area contributed by atoms with Crippen molar-refractivity contribution in [3.63, 3.8) is 0 Å². The van der Waals surface area contributed by atoms with E-state index in [0.717, 1.165) is 15.8 Å². The molecule has 1 aromatic heterocycles.